The van der Waals surface area contributed by atoms with Crippen LogP contribution < -0.4 is 4.90 Å². The second-order valence-electron chi connectivity index (χ2n) is 3.62. The number of aromatic carboxylic acids is 1. The fourth-order valence-corrected chi connectivity index (χ4v) is 1.59. The Kier molecular flexibility index (Phi) is 4.22. The van der Waals surface area contributed by atoms with Crippen molar-refractivity contribution in [1.82, 2.24) is 10.2 Å². The summed E-state index contributed by atoms with van der Waals surface area (Å²) >= 11 is 0. The third-order valence-electron chi connectivity index (χ3n) is 2.67. The van der Waals surface area contributed by atoms with Crippen LogP contribution in [0.3, 0.4) is 0 Å². The minimum atomic E-state index is -0.966. The van der Waals surface area contributed by atoms with Crippen molar-refractivity contribution in [3.05, 3.63) is 17.8 Å². The zero-order valence-electron chi connectivity index (χ0n) is 9.84. The molecule has 0 saturated carbocycles. The number of hydrogen-bond donors (Lipinski definition) is 1. The van der Waals surface area contributed by atoms with E-state index in [-0.39, 0.29) is 11.6 Å². The summed E-state index contributed by atoms with van der Waals surface area (Å²) < 4.78 is 0. The van der Waals surface area contributed by atoms with E-state index in [9.17, 15) is 4.79 Å². The van der Waals surface area contributed by atoms with E-state index in [0.29, 0.717) is 12.4 Å². The SMILES string of the molecule is CCC(C)N(CC)c1nnccc1C(=O)O. The van der Waals surface area contributed by atoms with Gasteiger partial charge in [0, 0.05) is 12.6 Å². The predicted octanol–water partition coefficient (Wildman–Crippen LogP) is 1.80. The normalized spacial score (nSPS) is 12.2. The number of hydrogen-bond acceptors (Lipinski definition) is 4. The predicted molar refractivity (Wildman–Crippen MR) is 61.8 cm³/mol. The molecular formula is C11H17N3O2. The number of rotatable bonds is 5. The zero-order valence-corrected chi connectivity index (χ0v) is 9.84. The highest BCUT2D eigenvalue weighted by atomic mass is 16.4. The molecule has 1 rings (SSSR count). The van der Waals surface area contributed by atoms with Crippen molar-refractivity contribution in [1.29, 1.82) is 0 Å². The maximum atomic E-state index is 11.1. The molecule has 0 fully saturated rings. The fraction of sp³-hybridized carbons (Fsp3) is 0.545. The first-order valence-electron chi connectivity index (χ1n) is 5.43. The van der Waals surface area contributed by atoms with Gasteiger partial charge in [-0.2, -0.15) is 5.10 Å². The van der Waals surface area contributed by atoms with E-state index in [2.05, 4.69) is 17.1 Å². The van der Waals surface area contributed by atoms with Crippen molar-refractivity contribution in [3.63, 3.8) is 0 Å². The van der Waals surface area contributed by atoms with Gasteiger partial charge in [-0.1, -0.05) is 6.92 Å². The van der Waals surface area contributed by atoms with Crippen molar-refractivity contribution in [2.75, 3.05) is 11.4 Å². The van der Waals surface area contributed by atoms with Crippen molar-refractivity contribution < 1.29 is 9.90 Å². The van der Waals surface area contributed by atoms with Gasteiger partial charge in [0.25, 0.3) is 0 Å². The van der Waals surface area contributed by atoms with Crippen LogP contribution in [0.1, 0.15) is 37.6 Å². The van der Waals surface area contributed by atoms with Gasteiger partial charge in [0.05, 0.1) is 6.20 Å². The van der Waals surface area contributed by atoms with Crippen LogP contribution in [0, 0.1) is 0 Å². The van der Waals surface area contributed by atoms with Gasteiger partial charge < -0.3 is 10.0 Å². The van der Waals surface area contributed by atoms with Crippen LogP contribution in [-0.4, -0.2) is 33.9 Å². The molecule has 0 bridgehead atoms. The third-order valence-corrected chi connectivity index (χ3v) is 2.67. The van der Waals surface area contributed by atoms with E-state index in [1.54, 1.807) is 0 Å². The standard InChI is InChI=1S/C11H17N3O2/c1-4-8(3)14(5-2)10-9(11(15)16)6-7-12-13-10/h6-8H,4-5H2,1-3H3,(H,15,16). The lowest BCUT2D eigenvalue weighted by atomic mass is 10.2. The van der Waals surface area contributed by atoms with Crippen LogP contribution >= 0.6 is 0 Å². The van der Waals surface area contributed by atoms with E-state index in [1.165, 1.54) is 12.3 Å². The molecule has 0 spiro atoms. The number of carboxylic acids is 1. The average molecular weight is 223 g/mol. The first kappa shape index (κ1) is 12.4. The molecule has 0 aliphatic rings. The third kappa shape index (κ3) is 2.48. The van der Waals surface area contributed by atoms with Gasteiger partial charge in [0.2, 0.25) is 0 Å². The fourth-order valence-electron chi connectivity index (χ4n) is 1.59. The van der Waals surface area contributed by atoms with E-state index >= 15 is 0 Å². The lowest BCUT2D eigenvalue weighted by molar-refractivity contribution is 0.0697. The Labute approximate surface area is 95.1 Å². The first-order valence-corrected chi connectivity index (χ1v) is 5.43. The van der Waals surface area contributed by atoms with E-state index < -0.39 is 5.97 Å². The first-order chi connectivity index (χ1) is 7.61. The smallest absolute Gasteiger partial charge is 0.339 e. The number of anilines is 1. The molecule has 1 aromatic rings. The Morgan fingerprint density at radius 2 is 2.25 bits per heavy atom. The maximum Gasteiger partial charge on any atom is 0.339 e. The molecule has 0 aliphatic heterocycles. The Morgan fingerprint density at radius 1 is 1.56 bits per heavy atom. The Morgan fingerprint density at radius 3 is 2.75 bits per heavy atom. The molecule has 0 aliphatic carbocycles. The van der Waals surface area contributed by atoms with E-state index in [0.717, 1.165) is 6.42 Å². The van der Waals surface area contributed by atoms with Crippen LogP contribution in [0.5, 0.6) is 0 Å². The molecule has 1 heterocycles. The molecule has 1 N–H and O–H groups in total. The van der Waals surface area contributed by atoms with Gasteiger partial charge in [-0.25, -0.2) is 4.79 Å². The second-order valence-corrected chi connectivity index (χ2v) is 3.62. The number of nitrogens with zero attached hydrogens (tertiary/aromatic N) is 3. The minimum Gasteiger partial charge on any atom is -0.478 e. The summed E-state index contributed by atoms with van der Waals surface area (Å²) in [5.41, 5.74) is 0.206. The van der Waals surface area contributed by atoms with Gasteiger partial charge in [-0.3, -0.25) is 0 Å². The Balaban J connectivity index is 3.14. The van der Waals surface area contributed by atoms with Crippen molar-refractivity contribution in [2.24, 2.45) is 0 Å². The van der Waals surface area contributed by atoms with Gasteiger partial charge in [0.15, 0.2) is 5.82 Å². The molecule has 1 aromatic heterocycles. The largest absolute Gasteiger partial charge is 0.478 e. The van der Waals surface area contributed by atoms with Crippen LogP contribution in [0.15, 0.2) is 12.3 Å². The highest BCUT2D eigenvalue weighted by Gasteiger charge is 2.19. The number of carboxylic acid groups (broad SMARTS) is 1. The second kappa shape index (κ2) is 5.44. The van der Waals surface area contributed by atoms with Crippen LogP contribution in [0.2, 0.25) is 0 Å². The number of aromatic nitrogens is 2. The van der Waals surface area contributed by atoms with E-state index in [4.69, 9.17) is 5.11 Å². The molecule has 0 saturated heterocycles. The monoisotopic (exact) mass is 223 g/mol. The van der Waals surface area contributed by atoms with Crippen LogP contribution in [-0.2, 0) is 0 Å². The highest BCUT2D eigenvalue weighted by molar-refractivity contribution is 5.93. The minimum absolute atomic E-state index is 0.206. The lowest BCUT2D eigenvalue weighted by Crippen LogP contribution is -2.34. The molecule has 0 radical (unpaired) electrons. The quantitative estimate of drug-likeness (QED) is 0.824. The Hall–Kier alpha value is -1.65. The highest BCUT2D eigenvalue weighted by Crippen LogP contribution is 2.19. The Bertz CT molecular complexity index is 368. The van der Waals surface area contributed by atoms with Gasteiger partial charge in [-0.05, 0) is 26.3 Å². The average Bonchev–Trinajstić information content (AvgIpc) is 2.30. The molecule has 0 aromatic carbocycles. The van der Waals surface area contributed by atoms with Gasteiger partial charge >= 0.3 is 5.97 Å². The summed E-state index contributed by atoms with van der Waals surface area (Å²) in [6, 6.07) is 1.73. The zero-order chi connectivity index (χ0) is 12.1. The maximum absolute atomic E-state index is 11.1. The van der Waals surface area contributed by atoms with Crippen LogP contribution in [0.25, 0.3) is 0 Å². The summed E-state index contributed by atoms with van der Waals surface area (Å²) in [6.45, 7) is 6.80. The molecule has 1 unspecified atom stereocenters. The summed E-state index contributed by atoms with van der Waals surface area (Å²) in [5.74, 6) is -0.515. The summed E-state index contributed by atoms with van der Waals surface area (Å²) in [4.78, 5) is 13.0. The van der Waals surface area contributed by atoms with E-state index in [1.807, 2.05) is 18.7 Å². The van der Waals surface area contributed by atoms with Crippen LogP contribution in [0.4, 0.5) is 5.82 Å². The topological polar surface area (TPSA) is 66.3 Å². The van der Waals surface area contributed by atoms with Gasteiger partial charge in [-0.15, -0.1) is 5.10 Å². The molecular weight excluding hydrogens is 206 g/mol. The molecule has 1 atom stereocenters. The molecule has 88 valence electrons. The number of carbonyl (C=O) groups is 1. The lowest BCUT2D eigenvalue weighted by Gasteiger charge is -2.28. The molecule has 0 amide bonds. The molecule has 5 heteroatoms. The summed E-state index contributed by atoms with van der Waals surface area (Å²) in [7, 11) is 0. The summed E-state index contributed by atoms with van der Waals surface area (Å²) in [6.07, 6.45) is 2.33. The molecule has 16 heavy (non-hydrogen) atoms. The van der Waals surface area contributed by atoms with Gasteiger partial charge in [0.1, 0.15) is 5.56 Å². The van der Waals surface area contributed by atoms with Crippen molar-refractivity contribution in [3.8, 4) is 0 Å². The van der Waals surface area contributed by atoms with Crippen molar-refractivity contribution >= 4 is 11.8 Å². The van der Waals surface area contributed by atoms with Crippen molar-refractivity contribution in [2.45, 2.75) is 33.2 Å². The molecule has 5 nitrogen and oxygen atoms in total. The summed E-state index contributed by atoms with van der Waals surface area (Å²) in [5, 5.41) is 16.8.